The molecule has 1 saturated heterocycles. The minimum atomic E-state index is -4.44. The van der Waals surface area contributed by atoms with Crippen molar-refractivity contribution in [3.8, 4) is 0 Å². The molecule has 11 heteroatoms. The molecule has 5 aromatic rings. The number of fused-ring (bicyclic) bond motifs is 1. The Hall–Kier alpha value is -5.03. The summed E-state index contributed by atoms with van der Waals surface area (Å²) in [5, 5.41) is 6.41. The van der Waals surface area contributed by atoms with E-state index >= 15 is 0 Å². The van der Waals surface area contributed by atoms with Crippen molar-refractivity contribution >= 4 is 39.8 Å². The number of furan rings is 1. The van der Waals surface area contributed by atoms with Crippen molar-refractivity contribution in [3.05, 3.63) is 114 Å². The second-order valence-corrected chi connectivity index (χ2v) is 10.8. The van der Waals surface area contributed by atoms with Crippen molar-refractivity contribution in [2.45, 2.75) is 12.7 Å². The van der Waals surface area contributed by atoms with Crippen molar-refractivity contribution in [2.75, 3.05) is 48.8 Å². The van der Waals surface area contributed by atoms with Gasteiger partial charge in [0.15, 0.2) is 5.76 Å². The summed E-state index contributed by atoms with van der Waals surface area (Å²) in [6, 6.07) is 22.6. The first kappa shape index (κ1) is 29.1. The normalized spacial score (nSPS) is 14.1. The van der Waals surface area contributed by atoms with Gasteiger partial charge in [0.25, 0.3) is 11.8 Å². The Labute approximate surface area is 251 Å². The molecule has 3 aromatic carbocycles. The zero-order chi connectivity index (χ0) is 30.8. The standard InChI is InChI=1S/C33H30F3N5O3/c1-39-14-16-40(17-15-39)27-11-8-25(9-12-27)37-31(42)29-20-23-19-26(38-32(43)30-3-2-18-44-30)10-13-28(23)41(29)21-22-4-6-24(7-5-22)33(34,35)36/h2-13,18-20H,14-17,21H2,1H3,(H,37,42)(H,38,43). The zero-order valence-electron chi connectivity index (χ0n) is 23.9. The number of amides is 2. The summed E-state index contributed by atoms with van der Waals surface area (Å²) >= 11 is 0. The number of benzene rings is 3. The van der Waals surface area contributed by atoms with Crippen molar-refractivity contribution in [3.63, 3.8) is 0 Å². The predicted molar refractivity (Wildman–Crippen MR) is 163 cm³/mol. The Bertz CT molecular complexity index is 1770. The first-order chi connectivity index (χ1) is 21.1. The Morgan fingerprint density at radius 1 is 0.818 bits per heavy atom. The van der Waals surface area contributed by atoms with E-state index in [-0.39, 0.29) is 18.2 Å². The molecule has 0 spiro atoms. The first-order valence-corrected chi connectivity index (χ1v) is 14.1. The third-order valence-corrected chi connectivity index (χ3v) is 7.75. The van der Waals surface area contributed by atoms with Crippen LogP contribution in [0.3, 0.4) is 0 Å². The molecule has 0 bridgehead atoms. The highest BCUT2D eigenvalue weighted by molar-refractivity contribution is 6.07. The van der Waals surface area contributed by atoms with Crippen molar-refractivity contribution in [2.24, 2.45) is 0 Å². The fourth-order valence-corrected chi connectivity index (χ4v) is 5.30. The van der Waals surface area contributed by atoms with Crippen LogP contribution in [0.5, 0.6) is 0 Å². The van der Waals surface area contributed by atoms with Gasteiger partial charge in [-0.25, -0.2) is 0 Å². The van der Waals surface area contributed by atoms with E-state index in [1.165, 1.54) is 18.4 Å². The van der Waals surface area contributed by atoms with Gasteiger partial charge in [-0.1, -0.05) is 12.1 Å². The van der Waals surface area contributed by atoms with E-state index in [4.69, 9.17) is 4.42 Å². The van der Waals surface area contributed by atoms with Crippen LogP contribution in [0.25, 0.3) is 10.9 Å². The van der Waals surface area contributed by atoms with Crippen LogP contribution in [0.2, 0.25) is 0 Å². The Morgan fingerprint density at radius 2 is 1.50 bits per heavy atom. The van der Waals surface area contributed by atoms with E-state index in [0.717, 1.165) is 44.0 Å². The number of alkyl halides is 3. The lowest BCUT2D eigenvalue weighted by Crippen LogP contribution is -2.44. The third kappa shape index (κ3) is 6.32. The van der Waals surface area contributed by atoms with Crippen molar-refractivity contribution in [1.29, 1.82) is 0 Å². The first-order valence-electron chi connectivity index (χ1n) is 14.1. The molecule has 2 amide bonds. The summed E-state index contributed by atoms with van der Waals surface area (Å²) in [6.07, 6.45) is -3.04. The van der Waals surface area contributed by atoms with E-state index < -0.39 is 17.6 Å². The largest absolute Gasteiger partial charge is 0.459 e. The van der Waals surface area contributed by atoms with Crippen LogP contribution in [0.4, 0.5) is 30.2 Å². The van der Waals surface area contributed by atoms with Gasteiger partial charge in [0.1, 0.15) is 5.69 Å². The average molecular weight is 602 g/mol. The minimum Gasteiger partial charge on any atom is -0.459 e. The second-order valence-electron chi connectivity index (χ2n) is 10.8. The number of likely N-dealkylation sites (N-methyl/N-ethyl adjacent to an activating group) is 1. The van der Waals surface area contributed by atoms with E-state index in [2.05, 4.69) is 27.5 Å². The molecule has 1 fully saturated rings. The Kier molecular flexibility index (Phi) is 7.88. The highest BCUT2D eigenvalue weighted by Gasteiger charge is 2.30. The smallest absolute Gasteiger partial charge is 0.416 e. The number of hydrogen-bond donors (Lipinski definition) is 2. The summed E-state index contributed by atoms with van der Waals surface area (Å²) in [7, 11) is 2.10. The van der Waals surface area contributed by atoms with Gasteiger partial charge in [-0.2, -0.15) is 13.2 Å². The fraction of sp³-hybridized carbons (Fsp3) is 0.212. The number of carbonyl (C=O) groups excluding carboxylic acids is 2. The molecular formula is C33H30F3N5O3. The molecule has 3 heterocycles. The van der Waals surface area contributed by atoms with Crippen molar-refractivity contribution < 1.29 is 27.2 Å². The van der Waals surface area contributed by atoms with Crippen LogP contribution < -0.4 is 15.5 Å². The highest BCUT2D eigenvalue weighted by Crippen LogP contribution is 2.30. The maximum absolute atomic E-state index is 13.6. The van der Waals surface area contributed by atoms with Crippen LogP contribution in [-0.4, -0.2) is 54.5 Å². The molecule has 44 heavy (non-hydrogen) atoms. The topological polar surface area (TPSA) is 82.8 Å². The van der Waals surface area contributed by atoms with Gasteiger partial charge in [0, 0.05) is 60.7 Å². The molecule has 0 aliphatic carbocycles. The number of carbonyl (C=O) groups is 2. The summed E-state index contributed by atoms with van der Waals surface area (Å²) in [6.45, 7) is 3.98. The van der Waals surface area contributed by atoms with E-state index in [1.807, 2.05) is 24.3 Å². The molecule has 0 radical (unpaired) electrons. The molecule has 2 aromatic heterocycles. The number of rotatable bonds is 7. The summed E-state index contributed by atoms with van der Waals surface area (Å²) in [4.78, 5) is 30.7. The van der Waals surface area contributed by atoms with Crippen LogP contribution in [0.1, 0.15) is 32.2 Å². The monoisotopic (exact) mass is 601 g/mol. The van der Waals surface area contributed by atoms with Gasteiger partial charge in [-0.3, -0.25) is 9.59 Å². The number of nitrogens with one attached hydrogen (secondary N) is 2. The Balaban J connectivity index is 1.28. The lowest BCUT2D eigenvalue weighted by molar-refractivity contribution is -0.137. The molecule has 2 N–H and O–H groups in total. The quantitative estimate of drug-likeness (QED) is 0.221. The summed E-state index contributed by atoms with van der Waals surface area (Å²) < 4.78 is 46.4. The lowest BCUT2D eigenvalue weighted by atomic mass is 10.1. The lowest BCUT2D eigenvalue weighted by Gasteiger charge is -2.34. The van der Waals surface area contributed by atoms with E-state index in [1.54, 1.807) is 41.0 Å². The van der Waals surface area contributed by atoms with Gasteiger partial charge in [0.05, 0.1) is 11.8 Å². The number of halogens is 3. The molecule has 0 saturated carbocycles. The molecule has 226 valence electrons. The van der Waals surface area contributed by atoms with E-state index in [9.17, 15) is 22.8 Å². The third-order valence-electron chi connectivity index (χ3n) is 7.75. The molecule has 1 aliphatic rings. The molecule has 0 unspecified atom stereocenters. The predicted octanol–water partition coefficient (Wildman–Crippen LogP) is 6.56. The van der Waals surface area contributed by atoms with Crippen LogP contribution in [0.15, 0.2) is 95.6 Å². The minimum absolute atomic E-state index is 0.156. The number of aromatic nitrogens is 1. The highest BCUT2D eigenvalue weighted by atomic mass is 19.4. The maximum Gasteiger partial charge on any atom is 0.416 e. The summed E-state index contributed by atoms with van der Waals surface area (Å²) in [5.41, 5.74) is 3.04. The molecule has 6 rings (SSSR count). The second kappa shape index (κ2) is 11.9. The van der Waals surface area contributed by atoms with Gasteiger partial charge >= 0.3 is 6.18 Å². The number of hydrogen-bond acceptors (Lipinski definition) is 5. The van der Waals surface area contributed by atoms with Gasteiger partial charge in [0.2, 0.25) is 0 Å². The van der Waals surface area contributed by atoms with E-state index in [0.29, 0.717) is 33.5 Å². The van der Waals surface area contributed by atoms with Gasteiger partial charge < -0.3 is 29.4 Å². The van der Waals surface area contributed by atoms with Crippen LogP contribution >= 0.6 is 0 Å². The number of nitrogens with zero attached hydrogens (tertiary/aromatic N) is 3. The molecular weight excluding hydrogens is 571 g/mol. The van der Waals surface area contributed by atoms with Gasteiger partial charge in [-0.15, -0.1) is 0 Å². The number of piperazine rings is 1. The number of anilines is 3. The Morgan fingerprint density at radius 3 is 2.16 bits per heavy atom. The maximum atomic E-state index is 13.6. The van der Waals surface area contributed by atoms with Crippen molar-refractivity contribution in [1.82, 2.24) is 9.47 Å². The SMILES string of the molecule is CN1CCN(c2ccc(NC(=O)c3cc4cc(NC(=O)c5ccco5)ccc4n3Cc3ccc(C(F)(F)F)cc3)cc2)CC1. The van der Waals surface area contributed by atoms with Gasteiger partial charge in [-0.05, 0) is 85.4 Å². The molecule has 0 atom stereocenters. The van der Waals surface area contributed by atoms with Crippen LogP contribution in [-0.2, 0) is 12.7 Å². The zero-order valence-corrected chi connectivity index (χ0v) is 23.9. The average Bonchev–Trinajstić information content (AvgIpc) is 3.67. The van der Waals surface area contributed by atoms with Crippen LogP contribution in [0, 0.1) is 0 Å². The molecule has 1 aliphatic heterocycles. The fourth-order valence-electron chi connectivity index (χ4n) is 5.30. The summed E-state index contributed by atoms with van der Waals surface area (Å²) in [5.74, 6) is -0.637. The molecule has 8 nitrogen and oxygen atoms in total.